The minimum atomic E-state index is 0.468. The lowest BCUT2D eigenvalue weighted by Crippen LogP contribution is -2.42. The lowest BCUT2D eigenvalue weighted by atomic mass is 9.80. The third-order valence-electron chi connectivity index (χ3n) is 3.97. The van der Waals surface area contributed by atoms with Crippen LogP contribution in [0.3, 0.4) is 0 Å². The van der Waals surface area contributed by atoms with Crippen molar-refractivity contribution in [1.82, 2.24) is 15.2 Å². The number of piperidine rings is 1. The highest BCUT2D eigenvalue weighted by atomic mass is 15.1. The Balaban J connectivity index is 1.92. The normalized spacial score (nSPS) is 19.1. The summed E-state index contributed by atoms with van der Waals surface area (Å²) in [5.41, 5.74) is 1.65. The molecule has 1 aliphatic rings. The molecule has 0 amide bonds. The van der Waals surface area contributed by atoms with E-state index >= 15 is 0 Å². The summed E-state index contributed by atoms with van der Waals surface area (Å²) in [4.78, 5) is 6.95. The highest BCUT2D eigenvalue weighted by Crippen LogP contribution is 2.29. The summed E-state index contributed by atoms with van der Waals surface area (Å²) >= 11 is 0. The van der Waals surface area contributed by atoms with E-state index in [0.717, 1.165) is 26.2 Å². The van der Waals surface area contributed by atoms with Crippen molar-refractivity contribution in [1.29, 1.82) is 0 Å². The van der Waals surface area contributed by atoms with Crippen molar-refractivity contribution in [2.45, 2.75) is 33.2 Å². The van der Waals surface area contributed by atoms with E-state index in [4.69, 9.17) is 0 Å². The Kier molecular flexibility index (Phi) is 4.72. The zero-order valence-corrected chi connectivity index (χ0v) is 11.7. The summed E-state index contributed by atoms with van der Waals surface area (Å²) in [5.74, 6) is 0. The molecule has 1 saturated heterocycles. The maximum Gasteiger partial charge on any atom is 0.0543 e. The van der Waals surface area contributed by atoms with Gasteiger partial charge >= 0.3 is 0 Å². The van der Waals surface area contributed by atoms with E-state index in [0.29, 0.717) is 5.41 Å². The Morgan fingerprint density at radius 2 is 2.11 bits per heavy atom. The summed E-state index contributed by atoms with van der Waals surface area (Å²) in [6.45, 7) is 10.2. The third-order valence-corrected chi connectivity index (χ3v) is 3.97. The Bertz CT molecular complexity index is 344. The van der Waals surface area contributed by atoms with Crippen LogP contribution < -0.4 is 5.32 Å². The Labute approximate surface area is 111 Å². The summed E-state index contributed by atoms with van der Waals surface area (Å²) in [6, 6.07) is 6.17. The number of hydrogen-bond donors (Lipinski definition) is 1. The van der Waals surface area contributed by atoms with Crippen molar-refractivity contribution in [2.24, 2.45) is 5.41 Å². The van der Waals surface area contributed by atoms with Crippen molar-refractivity contribution < 1.29 is 0 Å². The van der Waals surface area contributed by atoms with Gasteiger partial charge in [-0.2, -0.15) is 0 Å². The standard InChI is InChI=1S/C15H25N3/c1-3-18(12-14-6-4-5-9-17-14)13-15(2)7-10-16-11-8-15/h4-6,9,16H,3,7-8,10-13H2,1-2H3. The second-order valence-electron chi connectivity index (χ2n) is 5.69. The van der Waals surface area contributed by atoms with Gasteiger partial charge in [0.2, 0.25) is 0 Å². The number of nitrogens with one attached hydrogen (secondary N) is 1. The molecule has 1 aliphatic heterocycles. The van der Waals surface area contributed by atoms with Gasteiger partial charge < -0.3 is 5.32 Å². The van der Waals surface area contributed by atoms with E-state index in [2.05, 4.69) is 41.2 Å². The first-order chi connectivity index (χ1) is 8.72. The molecule has 0 unspecified atom stereocenters. The molecule has 100 valence electrons. The van der Waals surface area contributed by atoms with Crippen LogP contribution in [-0.2, 0) is 6.54 Å². The molecule has 1 fully saturated rings. The summed E-state index contributed by atoms with van der Waals surface area (Å²) < 4.78 is 0. The van der Waals surface area contributed by atoms with E-state index in [1.54, 1.807) is 0 Å². The molecule has 3 nitrogen and oxygen atoms in total. The third kappa shape index (κ3) is 3.79. The zero-order valence-electron chi connectivity index (χ0n) is 11.7. The molecular weight excluding hydrogens is 222 g/mol. The lowest BCUT2D eigenvalue weighted by molar-refractivity contribution is 0.126. The molecule has 0 aliphatic carbocycles. The predicted octanol–water partition coefficient (Wildman–Crippen LogP) is 2.29. The number of nitrogens with zero attached hydrogens (tertiary/aromatic N) is 2. The van der Waals surface area contributed by atoms with Gasteiger partial charge in [-0.05, 0) is 50.0 Å². The molecular formula is C15H25N3. The molecule has 0 saturated carbocycles. The molecule has 0 spiro atoms. The molecule has 0 radical (unpaired) electrons. The first kappa shape index (κ1) is 13.5. The summed E-state index contributed by atoms with van der Waals surface area (Å²) in [6.07, 6.45) is 4.45. The van der Waals surface area contributed by atoms with Crippen LogP contribution in [0.25, 0.3) is 0 Å². The Morgan fingerprint density at radius 1 is 1.33 bits per heavy atom. The Morgan fingerprint density at radius 3 is 2.72 bits per heavy atom. The molecule has 1 N–H and O–H groups in total. The zero-order chi connectivity index (χ0) is 12.8. The smallest absolute Gasteiger partial charge is 0.0543 e. The van der Waals surface area contributed by atoms with Crippen molar-refractivity contribution in [3.63, 3.8) is 0 Å². The van der Waals surface area contributed by atoms with Gasteiger partial charge in [-0.15, -0.1) is 0 Å². The monoisotopic (exact) mass is 247 g/mol. The van der Waals surface area contributed by atoms with E-state index in [9.17, 15) is 0 Å². The molecule has 2 rings (SSSR count). The van der Waals surface area contributed by atoms with Crippen molar-refractivity contribution in [2.75, 3.05) is 26.2 Å². The van der Waals surface area contributed by atoms with Crippen LogP contribution in [0, 0.1) is 5.41 Å². The van der Waals surface area contributed by atoms with Gasteiger partial charge in [0.1, 0.15) is 0 Å². The van der Waals surface area contributed by atoms with Crippen LogP contribution in [0.1, 0.15) is 32.4 Å². The fourth-order valence-electron chi connectivity index (χ4n) is 2.73. The van der Waals surface area contributed by atoms with Gasteiger partial charge in [0, 0.05) is 19.3 Å². The topological polar surface area (TPSA) is 28.2 Å². The molecule has 2 heterocycles. The first-order valence-corrected chi connectivity index (χ1v) is 7.05. The minimum absolute atomic E-state index is 0.468. The molecule has 18 heavy (non-hydrogen) atoms. The fourth-order valence-corrected chi connectivity index (χ4v) is 2.73. The molecule has 1 aromatic heterocycles. The minimum Gasteiger partial charge on any atom is -0.317 e. The fraction of sp³-hybridized carbons (Fsp3) is 0.667. The molecule has 0 aromatic carbocycles. The van der Waals surface area contributed by atoms with Crippen LogP contribution in [0.5, 0.6) is 0 Å². The summed E-state index contributed by atoms with van der Waals surface area (Å²) in [7, 11) is 0. The molecule has 3 heteroatoms. The maximum atomic E-state index is 4.43. The number of rotatable bonds is 5. The highest BCUT2D eigenvalue weighted by Gasteiger charge is 2.28. The number of aromatic nitrogens is 1. The van der Waals surface area contributed by atoms with E-state index < -0.39 is 0 Å². The van der Waals surface area contributed by atoms with Gasteiger partial charge in [0.15, 0.2) is 0 Å². The van der Waals surface area contributed by atoms with Crippen LogP contribution >= 0.6 is 0 Å². The average Bonchev–Trinajstić information content (AvgIpc) is 2.40. The summed E-state index contributed by atoms with van der Waals surface area (Å²) in [5, 5.41) is 3.45. The predicted molar refractivity (Wildman–Crippen MR) is 75.4 cm³/mol. The van der Waals surface area contributed by atoms with Crippen molar-refractivity contribution >= 4 is 0 Å². The highest BCUT2D eigenvalue weighted by molar-refractivity contribution is 5.03. The van der Waals surface area contributed by atoms with Gasteiger partial charge in [-0.1, -0.05) is 19.9 Å². The number of hydrogen-bond acceptors (Lipinski definition) is 3. The largest absolute Gasteiger partial charge is 0.317 e. The van der Waals surface area contributed by atoms with Gasteiger partial charge in [0.25, 0.3) is 0 Å². The molecule has 0 bridgehead atoms. The van der Waals surface area contributed by atoms with Crippen LogP contribution in [-0.4, -0.2) is 36.1 Å². The first-order valence-electron chi connectivity index (χ1n) is 7.05. The van der Waals surface area contributed by atoms with Crippen LogP contribution in [0.2, 0.25) is 0 Å². The Hall–Kier alpha value is -0.930. The quantitative estimate of drug-likeness (QED) is 0.865. The second-order valence-corrected chi connectivity index (χ2v) is 5.69. The van der Waals surface area contributed by atoms with Gasteiger partial charge in [0.05, 0.1) is 5.69 Å². The van der Waals surface area contributed by atoms with Crippen LogP contribution in [0.15, 0.2) is 24.4 Å². The van der Waals surface area contributed by atoms with Gasteiger partial charge in [-0.3, -0.25) is 9.88 Å². The molecule has 0 atom stereocenters. The second kappa shape index (κ2) is 6.30. The van der Waals surface area contributed by atoms with E-state index in [1.807, 2.05) is 12.3 Å². The van der Waals surface area contributed by atoms with Crippen LogP contribution in [0.4, 0.5) is 0 Å². The van der Waals surface area contributed by atoms with Crippen molar-refractivity contribution in [3.8, 4) is 0 Å². The molecule has 1 aromatic rings. The van der Waals surface area contributed by atoms with Crippen molar-refractivity contribution in [3.05, 3.63) is 30.1 Å². The van der Waals surface area contributed by atoms with E-state index in [1.165, 1.54) is 25.1 Å². The van der Waals surface area contributed by atoms with E-state index in [-0.39, 0.29) is 0 Å². The SMILES string of the molecule is CCN(Cc1ccccn1)CC1(C)CCNCC1. The average molecular weight is 247 g/mol. The van der Waals surface area contributed by atoms with Gasteiger partial charge in [-0.25, -0.2) is 0 Å². The maximum absolute atomic E-state index is 4.43. The number of pyridine rings is 1. The lowest BCUT2D eigenvalue weighted by Gasteiger charge is -2.38.